The van der Waals surface area contributed by atoms with Gasteiger partial charge in [-0.25, -0.2) is 0 Å². The molecule has 2 heteroatoms. The van der Waals surface area contributed by atoms with Gasteiger partial charge in [-0.1, -0.05) is 6.07 Å². The van der Waals surface area contributed by atoms with Gasteiger partial charge >= 0.3 is 0 Å². The van der Waals surface area contributed by atoms with E-state index in [1.807, 2.05) is 6.07 Å². The standard InChI is InChI=1S/C11H15NO/c1-8-7-9(13-2)3-4-10(8)11-5-6-12-11/h3-4,7,11-12H,5-6H2,1-2H3/t11-/m0/s1. The summed E-state index contributed by atoms with van der Waals surface area (Å²) in [6.07, 6.45) is 1.26. The van der Waals surface area contributed by atoms with Gasteiger partial charge in [0.25, 0.3) is 0 Å². The van der Waals surface area contributed by atoms with Crippen LogP contribution >= 0.6 is 0 Å². The summed E-state index contributed by atoms with van der Waals surface area (Å²) in [6, 6.07) is 6.86. The van der Waals surface area contributed by atoms with Crippen LogP contribution in [0.25, 0.3) is 0 Å². The van der Waals surface area contributed by atoms with Crippen molar-refractivity contribution >= 4 is 0 Å². The highest BCUT2D eigenvalue weighted by Crippen LogP contribution is 2.27. The number of nitrogens with one attached hydrogen (secondary N) is 1. The van der Waals surface area contributed by atoms with Gasteiger partial charge in [-0.3, -0.25) is 0 Å². The molecule has 0 aromatic heterocycles. The van der Waals surface area contributed by atoms with Gasteiger partial charge in [0.2, 0.25) is 0 Å². The summed E-state index contributed by atoms with van der Waals surface area (Å²) in [5.41, 5.74) is 2.73. The normalized spacial score (nSPS) is 20.9. The predicted molar refractivity (Wildman–Crippen MR) is 53.1 cm³/mol. The minimum Gasteiger partial charge on any atom is -0.497 e. The van der Waals surface area contributed by atoms with E-state index in [-0.39, 0.29) is 0 Å². The lowest BCUT2D eigenvalue weighted by atomic mass is 9.94. The number of methoxy groups -OCH3 is 1. The van der Waals surface area contributed by atoms with Crippen molar-refractivity contribution in [3.63, 3.8) is 0 Å². The zero-order valence-corrected chi connectivity index (χ0v) is 8.13. The second-order valence-electron chi connectivity index (χ2n) is 3.52. The number of benzene rings is 1. The Morgan fingerprint density at radius 2 is 2.23 bits per heavy atom. The molecule has 0 aliphatic carbocycles. The number of hydrogen-bond acceptors (Lipinski definition) is 2. The maximum atomic E-state index is 5.16. The highest BCUT2D eigenvalue weighted by Gasteiger charge is 2.19. The molecule has 1 N–H and O–H groups in total. The molecule has 0 bridgehead atoms. The van der Waals surface area contributed by atoms with E-state index in [0.717, 1.165) is 12.3 Å². The van der Waals surface area contributed by atoms with E-state index in [4.69, 9.17) is 4.74 Å². The SMILES string of the molecule is COc1ccc([C@@H]2CCN2)c(C)c1. The number of rotatable bonds is 2. The van der Waals surface area contributed by atoms with Gasteiger partial charge in [-0.2, -0.15) is 0 Å². The predicted octanol–water partition coefficient (Wildman–Crippen LogP) is 2.04. The summed E-state index contributed by atoms with van der Waals surface area (Å²) >= 11 is 0. The molecule has 0 radical (unpaired) electrons. The van der Waals surface area contributed by atoms with Crippen LogP contribution in [0.15, 0.2) is 18.2 Å². The molecule has 1 atom stereocenters. The minimum atomic E-state index is 0.575. The Labute approximate surface area is 78.9 Å². The Balaban J connectivity index is 2.26. The monoisotopic (exact) mass is 177 g/mol. The van der Waals surface area contributed by atoms with Crippen molar-refractivity contribution in [2.75, 3.05) is 13.7 Å². The Kier molecular flexibility index (Phi) is 2.23. The van der Waals surface area contributed by atoms with E-state index >= 15 is 0 Å². The minimum absolute atomic E-state index is 0.575. The molecule has 2 nitrogen and oxygen atoms in total. The molecule has 13 heavy (non-hydrogen) atoms. The van der Waals surface area contributed by atoms with Gasteiger partial charge in [0.05, 0.1) is 7.11 Å². The molecule has 1 saturated heterocycles. The van der Waals surface area contributed by atoms with Crippen LogP contribution in [-0.4, -0.2) is 13.7 Å². The largest absolute Gasteiger partial charge is 0.497 e. The average Bonchev–Trinajstić information content (AvgIpc) is 2.05. The van der Waals surface area contributed by atoms with Crippen molar-refractivity contribution in [1.29, 1.82) is 0 Å². The van der Waals surface area contributed by atoms with Gasteiger partial charge in [-0.05, 0) is 43.1 Å². The summed E-state index contributed by atoms with van der Waals surface area (Å²) in [4.78, 5) is 0. The Bertz CT molecular complexity index is 305. The fraction of sp³-hybridized carbons (Fsp3) is 0.455. The van der Waals surface area contributed by atoms with Crippen LogP contribution in [0.5, 0.6) is 5.75 Å². The number of ether oxygens (including phenoxy) is 1. The second-order valence-corrected chi connectivity index (χ2v) is 3.52. The molecular formula is C11H15NO. The summed E-state index contributed by atoms with van der Waals surface area (Å²) < 4.78 is 5.16. The summed E-state index contributed by atoms with van der Waals surface area (Å²) in [6.45, 7) is 3.29. The van der Waals surface area contributed by atoms with Crippen LogP contribution in [0.1, 0.15) is 23.6 Å². The summed E-state index contributed by atoms with van der Waals surface area (Å²) in [5, 5.41) is 3.40. The zero-order valence-electron chi connectivity index (χ0n) is 8.13. The fourth-order valence-corrected chi connectivity index (χ4v) is 1.72. The Morgan fingerprint density at radius 1 is 1.46 bits per heavy atom. The first-order chi connectivity index (χ1) is 6.31. The highest BCUT2D eigenvalue weighted by atomic mass is 16.5. The lowest BCUT2D eigenvalue weighted by Gasteiger charge is -2.29. The third kappa shape index (κ3) is 1.54. The smallest absolute Gasteiger partial charge is 0.119 e. The quantitative estimate of drug-likeness (QED) is 0.746. The lowest BCUT2D eigenvalue weighted by molar-refractivity contribution is 0.380. The van der Waals surface area contributed by atoms with Gasteiger partial charge in [0.15, 0.2) is 0 Å². The van der Waals surface area contributed by atoms with Crippen LogP contribution in [0.2, 0.25) is 0 Å². The van der Waals surface area contributed by atoms with Crippen molar-refractivity contribution in [3.05, 3.63) is 29.3 Å². The maximum Gasteiger partial charge on any atom is 0.119 e. The van der Waals surface area contributed by atoms with Gasteiger partial charge in [0.1, 0.15) is 5.75 Å². The molecule has 1 aliphatic rings. The molecule has 1 heterocycles. The third-order valence-electron chi connectivity index (χ3n) is 2.68. The van der Waals surface area contributed by atoms with Gasteiger partial charge in [-0.15, -0.1) is 0 Å². The molecule has 1 aliphatic heterocycles. The van der Waals surface area contributed by atoms with E-state index in [2.05, 4.69) is 24.4 Å². The van der Waals surface area contributed by atoms with Crippen LogP contribution in [0.3, 0.4) is 0 Å². The molecule has 0 amide bonds. The van der Waals surface area contributed by atoms with Crippen molar-refractivity contribution in [3.8, 4) is 5.75 Å². The highest BCUT2D eigenvalue weighted by molar-refractivity contribution is 5.37. The molecule has 70 valence electrons. The van der Waals surface area contributed by atoms with E-state index in [1.54, 1.807) is 7.11 Å². The molecule has 0 saturated carbocycles. The van der Waals surface area contributed by atoms with Gasteiger partial charge in [0, 0.05) is 6.04 Å². The van der Waals surface area contributed by atoms with Crippen LogP contribution in [0.4, 0.5) is 0 Å². The van der Waals surface area contributed by atoms with E-state index in [0.29, 0.717) is 6.04 Å². The van der Waals surface area contributed by atoms with Crippen LogP contribution in [-0.2, 0) is 0 Å². The number of hydrogen-bond donors (Lipinski definition) is 1. The van der Waals surface area contributed by atoms with Crippen LogP contribution < -0.4 is 10.1 Å². The third-order valence-corrected chi connectivity index (χ3v) is 2.68. The van der Waals surface area contributed by atoms with E-state index < -0.39 is 0 Å². The van der Waals surface area contributed by atoms with Crippen molar-refractivity contribution in [2.45, 2.75) is 19.4 Å². The fourth-order valence-electron chi connectivity index (χ4n) is 1.72. The average molecular weight is 177 g/mol. The topological polar surface area (TPSA) is 21.3 Å². The van der Waals surface area contributed by atoms with Gasteiger partial charge < -0.3 is 10.1 Å². The van der Waals surface area contributed by atoms with Crippen molar-refractivity contribution in [2.24, 2.45) is 0 Å². The van der Waals surface area contributed by atoms with E-state index in [9.17, 15) is 0 Å². The molecule has 2 rings (SSSR count). The molecular weight excluding hydrogens is 162 g/mol. The van der Waals surface area contributed by atoms with Crippen molar-refractivity contribution in [1.82, 2.24) is 5.32 Å². The Morgan fingerprint density at radius 3 is 2.69 bits per heavy atom. The zero-order chi connectivity index (χ0) is 9.26. The summed E-state index contributed by atoms with van der Waals surface area (Å²) in [7, 11) is 1.70. The molecule has 0 spiro atoms. The first-order valence-electron chi connectivity index (χ1n) is 4.69. The first-order valence-corrected chi connectivity index (χ1v) is 4.69. The number of aryl methyl sites for hydroxylation is 1. The molecule has 1 aromatic carbocycles. The second kappa shape index (κ2) is 3.38. The van der Waals surface area contributed by atoms with E-state index in [1.165, 1.54) is 17.5 Å². The molecule has 1 aromatic rings. The van der Waals surface area contributed by atoms with Crippen LogP contribution in [0, 0.1) is 6.92 Å². The molecule has 1 fully saturated rings. The maximum absolute atomic E-state index is 5.16. The lowest BCUT2D eigenvalue weighted by Crippen LogP contribution is -2.35. The molecule has 0 unspecified atom stereocenters. The Hall–Kier alpha value is -1.02. The van der Waals surface area contributed by atoms with Crippen molar-refractivity contribution < 1.29 is 4.74 Å². The first kappa shape index (κ1) is 8.57. The summed E-state index contributed by atoms with van der Waals surface area (Å²) in [5.74, 6) is 0.945.